The first-order valence-corrected chi connectivity index (χ1v) is 11.1. The first-order chi connectivity index (χ1) is 15.4. The van der Waals surface area contributed by atoms with Gasteiger partial charge in [0.2, 0.25) is 11.8 Å². The van der Waals surface area contributed by atoms with E-state index in [2.05, 4.69) is 16.0 Å². The lowest BCUT2D eigenvalue weighted by molar-refractivity contribution is -0.141. The Kier molecular flexibility index (Phi) is 10.6. The number of halogens is 2. The third-order valence-corrected chi connectivity index (χ3v) is 5.84. The third kappa shape index (κ3) is 8.35. The maximum atomic E-state index is 12.8. The Labute approximate surface area is 204 Å². The Morgan fingerprint density at radius 2 is 1.79 bits per heavy atom. The molecule has 4 N–H and O–H groups in total. The molecule has 0 aliphatic carbocycles. The van der Waals surface area contributed by atoms with Gasteiger partial charge in [-0.25, -0.2) is 4.79 Å². The topological polar surface area (TPSA) is 108 Å². The van der Waals surface area contributed by atoms with Crippen molar-refractivity contribution in [3.8, 4) is 0 Å². The lowest BCUT2D eigenvalue weighted by atomic mass is 9.94. The quantitative estimate of drug-likeness (QED) is 0.407. The second kappa shape index (κ2) is 13.2. The fourth-order valence-electron chi connectivity index (χ4n) is 3.83. The average Bonchev–Trinajstić information content (AvgIpc) is 3.32. The number of hydrogen-bond acceptors (Lipinski definition) is 4. The van der Waals surface area contributed by atoms with E-state index in [0.717, 1.165) is 30.5 Å². The standard InChI is InChI=1S/C24H28ClN3O4.ClH/c25-19-10-8-17(9-11-19)18(15-27-23(30)20-7-4-12-26-20)14-22(29)28-21(24(31)32)13-16-5-2-1-3-6-16;/h1-3,5-6,8-11,18,20-21,26H,4,7,12-15H2,(H,27,30)(H,28,29)(H,31,32);1H/t18-,20-,21-;/m0./s1. The molecule has 0 bridgehead atoms. The van der Waals surface area contributed by atoms with Gasteiger partial charge in [-0.05, 0) is 42.6 Å². The lowest BCUT2D eigenvalue weighted by Crippen LogP contribution is -2.44. The van der Waals surface area contributed by atoms with Crippen LogP contribution in [-0.2, 0) is 20.8 Å². The molecule has 9 heteroatoms. The largest absolute Gasteiger partial charge is 0.480 e. The number of hydrogen-bond donors (Lipinski definition) is 4. The summed E-state index contributed by atoms with van der Waals surface area (Å²) >= 11 is 5.99. The summed E-state index contributed by atoms with van der Waals surface area (Å²) in [5.74, 6) is -1.88. The van der Waals surface area contributed by atoms with E-state index in [0.29, 0.717) is 5.02 Å². The highest BCUT2D eigenvalue weighted by Crippen LogP contribution is 2.22. The van der Waals surface area contributed by atoms with E-state index in [1.165, 1.54) is 0 Å². The fourth-order valence-corrected chi connectivity index (χ4v) is 3.95. The Bertz CT molecular complexity index is 919. The van der Waals surface area contributed by atoms with Crippen molar-refractivity contribution in [2.24, 2.45) is 0 Å². The Hall–Kier alpha value is -2.61. The molecule has 1 aliphatic heterocycles. The molecule has 2 aromatic carbocycles. The van der Waals surface area contributed by atoms with Crippen LogP contribution in [0.15, 0.2) is 54.6 Å². The van der Waals surface area contributed by atoms with Gasteiger partial charge in [0, 0.05) is 30.3 Å². The van der Waals surface area contributed by atoms with Crippen LogP contribution in [0.3, 0.4) is 0 Å². The molecule has 3 rings (SSSR count). The second-order valence-electron chi connectivity index (χ2n) is 7.99. The summed E-state index contributed by atoms with van der Waals surface area (Å²) in [4.78, 5) is 36.9. The predicted molar refractivity (Wildman–Crippen MR) is 130 cm³/mol. The van der Waals surface area contributed by atoms with Gasteiger partial charge in [0.15, 0.2) is 0 Å². The van der Waals surface area contributed by atoms with E-state index in [-0.39, 0.29) is 55.6 Å². The minimum absolute atomic E-state index is 0. The SMILES string of the molecule is Cl.O=C(C[C@@H](CNC(=O)[C@@H]1CCCN1)c1ccc(Cl)cc1)N[C@@H](Cc1ccccc1)C(=O)O. The summed E-state index contributed by atoms with van der Waals surface area (Å²) in [7, 11) is 0. The molecule has 2 aromatic rings. The molecule has 0 aromatic heterocycles. The Morgan fingerprint density at radius 1 is 1.09 bits per heavy atom. The molecule has 2 amide bonds. The summed E-state index contributed by atoms with van der Waals surface area (Å²) in [5, 5.41) is 18.9. The smallest absolute Gasteiger partial charge is 0.326 e. The number of carboxylic acids is 1. The maximum absolute atomic E-state index is 12.8. The van der Waals surface area contributed by atoms with Crippen molar-refractivity contribution >= 4 is 41.8 Å². The molecule has 0 radical (unpaired) electrons. The van der Waals surface area contributed by atoms with Crippen LogP contribution in [0.2, 0.25) is 5.02 Å². The average molecular weight is 494 g/mol. The van der Waals surface area contributed by atoms with Crippen LogP contribution >= 0.6 is 24.0 Å². The lowest BCUT2D eigenvalue weighted by Gasteiger charge is -2.21. The second-order valence-corrected chi connectivity index (χ2v) is 8.43. The Morgan fingerprint density at radius 3 is 2.39 bits per heavy atom. The minimum Gasteiger partial charge on any atom is -0.480 e. The molecule has 0 saturated carbocycles. The summed E-state index contributed by atoms with van der Waals surface area (Å²) in [5.41, 5.74) is 1.67. The monoisotopic (exact) mass is 493 g/mol. The summed E-state index contributed by atoms with van der Waals surface area (Å²) in [6, 6.07) is 15.0. The molecule has 1 heterocycles. The molecule has 33 heavy (non-hydrogen) atoms. The van der Waals surface area contributed by atoms with Gasteiger partial charge in [0.05, 0.1) is 6.04 Å². The van der Waals surface area contributed by atoms with E-state index in [9.17, 15) is 19.5 Å². The first-order valence-electron chi connectivity index (χ1n) is 10.7. The normalized spacial score (nSPS) is 16.8. The predicted octanol–water partition coefficient (Wildman–Crippen LogP) is 2.92. The van der Waals surface area contributed by atoms with Crippen LogP contribution < -0.4 is 16.0 Å². The van der Waals surface area contributed by atoms with Gasteiger partial charge < -0.3 is 21.1 Å². The molecule has 0 unspecified atom stereocenters. The van der Waals surface area contributed by atoms with Gasteiger partial charge in [0.25, 0.3) is 0 Å². The molecule has 1 aliphatic rings. The first kappa shape index (κ1) is 26.6. The number of rotatable bonds is 10. The minimum atomic E-state index is -1.09. The van der Waals surface area contributed by atoms with E-state index in [4.69, 9.17) is 11.6 Å². The fraction of sp³-hybridized carbons (Fsp3) is 0.375. The van der Waals surface area contributed by atoms with Crippen molar-refractivity contribution in [2.45, 2.75) is 43.7 Å². The van der Waals surface area contributed by atoms with Crippen LogP contribution in [0.1, 0.15) is 36.3 Å². The molecule has 0 spiro atoms. The molecule has 7 nitrogen and oxygen atoms in total. The van der Waals surface area contributed by atoms with Gasteiger partial charge in [-0.3, -0.25) is 9.59 Å². The number of nitrogens with one attached hydrogen (secondary N) is 3. The number of carboxylic acid groups (broad SMARTS) is 1. The molecule has 1 saturated heterocycles. The summed E-state index contributed by atoms with van der Waals surface area (Å²) in [6.45, 7) is 1.08. The highest BCUT2D eigenvalue weighted by atomic mass is 35.5. The molecule has 1 fully saturated rings. The van der Waals surface area contributed by atoms with Crippen LogP contribution in [0.4, 0.5) is 0 Å². The van der Waals surface area contributed by atoms with Gasteiger partial charge in [0.1, 0.15) is 6.04 Å². The zero-order valence-corrected chi connectivity index (χ0v) is 19.7. The van der Waals surface area contributed by atoms with Crippen LogP contribution in [0, 0.1) is 0 Å². The van der Waals surface area contributed by atoms with Crippen molar-refractivity contribution in [2.75, 3.05) is 13.1 Å². The number of carbonyl (C=O) groups excluding carboxylic acids is 2. The maximum Gasteiger partial charge on any atom is 0.326 e. The molecular formula is C24H29Cl2N3O4. The highest BCUT2D eigenvalue weighted by Gasteiger charge is 2.26. The summed E-state index contributed by atoms with van der Waals surface area (Å²) in [6.07, 6.45) is 1.98. The molecular weight excluding hydrogens is 465 g/mol. The highest BCUT2D eigenvalue weighted by molar-refractivity contribution is 6.30. The Balaban J connectivity index is 0.00000385. The summed E-state index contributed by atoms with van der Waals surface area (Å²) < 4.78 is 0. The van der Waals surface area contributed by atoms with Crippen molar-refractivity contribution in [1.29, 1.82) is 0 Å². The zero-order chi connectivity index (χ0) is 22.9. The van der Waals surface area contributed by atoms with Gasteiger partial charge in [-0.2, -0.15) is 0 Å². The van der Waals surface area contributed by atoms with Crippen molar-refractivity contribution < 1.29 is 19.5 Å². The van der Waals surface area contributed by atoms with E-state index in [1.807, 2.05) is 42.5 Å². The van der Waals surface area contributed by atoms with E-state index in [1.54, 1.807) is 12.1 Å². The van der Waals surface area contributed by atoms with Gasteiger partial charge in [-0.15, -0.1) is 12.4 Å². The zero-order valence-electron chi connectivity index (χ0n) is 18.1. The van der Waals surface area contributed by atoms with Crippen molar-refractivity contribution in [3.05, 3.63) is 70.7 Å². The van der Waals surface area contributed by atoms with Crippen molar-refractivity contribution in [3.63, 3.8) is 0 Å². The number of carbonyl (C=O) groups is 3. The third-order valence-electron chi connectivity index (χ3n) is 5.59. The number of amides is 2. The van der Waals surface area contributed by atoms with Crippen molar-refractivity contribution in [1.82, 2.24) is 16.0 Å². The number of aliphatic carboxylic acids is 1. The van der Waals surface area contributed by atoms with Gasteiger partial charge in [-0.1, -0.05) is 54.1 Å². The molecule has 3 atom stereocenters. The number of benzene rings is 2. The van der Waals surface area contributed by atoms with E-state index >= 15 is 0 Å². The van der Waals surface area contributed by atoms with Crippen LogP contribution in [0.25, 0.3) is 0 Å². The van der Waals surface area contributed by atoms with Gasteiger partial charge >= 0.3 is 5.97 Å². The van der Waals surface area contributed by atoms with Crippen LogP contribution in [-0.4, -0.2) is 48.1 Å². The van der Waals surface area contributed by atoms with E-state index < -0.39 is 12.0 Å². The van der Waals surface area contributed by atoms with Crippen LogP contribution in [0.5, 0.6) is 0 Å². The molecule has 178 valence electrons.